The van der Waals surface area contributed by atoms with Gasteiger partial charge in [0.2, 0.25) is 5.91 Å². The van der Waals surface area contributed by atoms with Gasteiger partial charge in [-0.25, -0.2) is 0 Å². The lowest BCUT2D eigenvalue weighted by molar-refractivity contribution is -0.120. The summed E-state index contributed by atoms with van der Waals surface area (Å²) in [6.45, 7) is 15.2. The molecule has 0 saturated heterocycles. The summed E-state index contributed by atoms with van der Waals surface area (Å²) in [6.07, 6.45) is 1.65. The molecule has 0 aromatic carbocycles. The number of carbonyl (C=O) groups excluding carboxylic acids is 1. The topological polar surface area (TPSA) is 38.3 Å². The van der Waals surface area contributed by atoms with Crippen molar-refractivity contribution in [3.63, 3.8) is 0 Å². The van der Waals surface area contributed by atoms with Gasteiger partial charge in [0.1, 0.15) is 0 Å². The van der Waals surface area contributed by atoms with Crippen LogP contribution in [0.3, 0.4) is 0 Å². The second kappa shape index (κ2) is 9.67. The predicted molar refractivity (Wildman–Crippen MR) is 89.3 cm³/mol. The molecule has 0 aromatic heterocycles. The Morgan fingerprint density at radius 2 is 1.70 bits per heavy atom. The molecule has 0 aliphatic carbocycles. The van der Waals surface area contributed by atoms with Crippen molar-refractivity contribution in [1.82, 2.24) is 5.32 Å². The fourth-order valence-corrected chi connectivity index (χ4v) is 2.46. The van der Waals surface area contributed by atoms with E-state index in [-0.39, 0.29) is 5.91 Å². The molecule has 0 saturated carbocycles. The zero-order valence-electron chi connectivity index (χ0n) is 14.2. The summed E-state index contributed by atoms with van der Waals surface area (Å²) in [5, 5.41) is 2.90. The highest BCUT2D eigenvalue weighted by Crippen LogP contribution is 2.20. The molecule has 0 aliphatic rings. The maximum atomic E-state index is 11.6. The number of rotatable bonds is 9. The Kier molecular flexibility index (Phi) is 9.56. The minimum atomic E-state index is 0.130. The van der Waals surface area contributed by atoms with Gasteiger partial charge in [-0.1, -0.05) is 41.5 Å². The third-order valence-electron chi connectivity index (χ3n) is 2.57. The first-order valence-corrected chi connectivity index (χ1v) is 8.68. The lowest BCUT2D eigenvalue weighted by atomic mass is 9.93. The Balaban J connectivity index is 3.37. The number of thioether (sulfide) groups is 1. The van der Waals surface area contributed by atoms with Gasteiger partial charge < -0.3 is 10.1 Å². The fourth-order valence-electron chi connectivity index (χ4n) is 1.37. The number of hydrogen-bond donors (Lipinski definition) is 1. The maximum Gasteiger partial charge on any atom is 0.220 e. The second-order valence-electron chi connectivity index (χ2n) is 7.64. The van der Waals surface area contributed by atoms with Crippen molar-refractivity contribution in [1.29, 1.82) is 0 Å². The van der Waals surface area contributed by atoms with E-state index >= 15 is 0 Å². The van der Waals surface area contributed by atoms with Crippen molar-refractivity contribution < 1.29 is 9.53 Å². The van der Waals surface area contributed by atoms with Crippen LogP contribution in [0.1, 0.15) is 54.4 Å². The summed E-state index contributed by atoms with van der Waals surface area (Å²) in [5.41, 5.74) is 0.648. The minimum Gasteiger partial charge on any atom is -0.380 e. The van der Waals surface area contributed by atoms with Gasteiger partial charge >= 0.3 is 0 Å². The summed E-state index contributed by atoms with van der Waals surface area (Å²) >= 11 is 1.85. The van der Waals surface area contributed by atoms with Crippen LogP contribution in [0.4, 0.5) is 0 Å². The molecule has 1 amide bonds. The van der Waals surface area contributed by atoms with Crippen LogP contribution >= 0.6 is 11.8 Å². The first-order valence-electron chi connectivity index (χ1n) is 7.52. The number of carbonyl (C=O) groups is 1. The van der Waals surface area contributed by atoms with Crippen molar-refractivity contribution in [3.8, 4) is 0 Å². The SMILES string of the molecule is CC(C)(C)CCOCCNC(=O)CCSCC(C)(C)C. The van der Waals surface area contributed by atoms with E-state index in [1.807, 2.05) is 11.8 Å². The average molecular weight is 304 g/mol. The van der Waals surface area contributed by atoms with Crippen LogP contribution in [-0.2, 0) is 9.53 Å². The Bertz CT molecular complexity index is 267. The Labute approximate surface area is 129 Å². The lowest BCUT2D eigenvalue weighted by Gasteiger charge is -2.17. The minimum absolute atomic E-state index is 0.130. The predicted octanol–water partition coefficient (Wildman–Crippen LogP) is 3.72. The van der Waals surface area contributed by atoms with E-state index in [0.29, 0.717) is 30.4 Å². The van der Waals surface area contributed by atoms with Gasteiger partial charge in [0.15, 0.2) is 0 Å². The molecule has 0 rings (SSSR count). The van der Waals surface area contributed by atoms with Crippen LogP contribution in [0.25, 0.3) is 0 Å². The summed E-state index contributed by atoms with van der Waals surface area (Å²) in [5.74, 6) is 2.12. The quantitative estimate of drug-likeness (QED) is 0.660. The van der Waals surface area contributed by atoms with Gasteiger partial charge in [0, 0.05) is 25.3 Å². The standard InChI is InChI=1S/C16H33NO2S/c1-15(2,3)8-10-19-11-9-17-14(18)7-12-20-13-16(4,5)6/h7-13H2,1-6H3,(H,17,18). The van der Waals surface area contributed by atoms with Crippen molar-refractivity contribution in [2.45, 2.75) is 54.4 Å². The van der Waals surface area contributed by atoms with E-state index in [1.54, 1.807) is 0 Å². The highest BCUT2D eigenvalue weighted by molar-refractivity contribution is 7.99. The Hall–Kier alpha value is -0.220. The normalized spacial score (nSPS) is 12.5. The zero-order chi connectivity index (χ0) is 15.6. The Morgan fingerprint density at radius 3 is 2.25 bits per heavy atom. The summed E-state index contributed by atoms with van der Waals surface area (Å²) < 4.78 is 5.51. The molecule has 0 fully saturated rings. The number of ether oxygens (including phenoxy) is 1. The number of amides is 1. The van der Waals surface area contributed by atoms with Crippen molar-refractivity contribution in [3.05, 3.63) is 0 Å². The van der Waals surface area contributed by atoms with Crippen LogP contribution in [0, 0.1) is 10.8 Å². The van der Waals surface area contributed by atoms with E-state index in [9.17, 15) is 4.79 Å². The van der Waals surface area contributed by atoms with Gasteiger partial charge in [0.25, 0.3) is 0 Å². The highest BCUT2D eigenvalue weighted by atomic mass is 32.2. The summed E-state index contributed by atoms with van der Waals surface area (Å²) in [7, 11) is 0. The molecule has 0 radical (unpaired) electrons. The van der Waals surface area contributed by atoms with E-state index in [0.717, 1.165) is 24.5 Å². The number of hydrogen-bond acceptors (Lipinski definition) is 3. The molecular formula is C16H33NO2S. The van der Waals surface area contributed by atoms with Gasteiger partial charge in [-0.15, -0.1) is 0 Å². The molecule has 0 aliphatic heterocycles. The van der Waals surface area contributed by atoms with Crippen LogP contribution in [0.15, 0.2) is 0 Å². The molecule has 0 heterocycles. The number of nitrogens with one attached hydrogen (secondary N) is 1. The lowest BCUT2D eigenvalue weighted by Crippen LogP contribution is -2.28. The summed E-state index contributed by atoms with van der Waals surface area (Å²) in [6, 6.07) is 0. The Morgan fingerprint density at radius 1 is 1.05 bits per heavy atom. The van der Waals surface area contributed by atoms with E-state index in [2.05, 4.69) is 46.9 Å². The van der Waals surface area contributed by atoms with Gasteiger partial charge in [-0.05, 0) is 23.0 Å². The fraction of sp³-hybridized carbons (Fsp3) is 0.938. The van der Waals surface area contributed by atoms with E-state index in [1.165, 1.54) is 0 Å². The smallest absolute Gasteiger partial charge is 0.220 e. The molecule has 0 unspecified atom stereocenters. The molecule has 4 heteroatoms. The molecule has 120 valence electrons. The maximum absolute atomic E-state index is 11.6. The third-order valence-corrected chi connectivity index (χ3v) is 4.14. The van der Waals surface area contributed by atoms with Gasteiger partial charge in [0.05, 0.1) is 6.61 Å². The average Bonchev–Trinajstić information content (AvgIpc) is 2.26. The molecule has 20 heavy (non-hydrogen) atoms. The van der Waals surface area contributed by atoms with Gasteiger partial charge in [-0.3, -0.25) is 4.79 Å². The zero-order valence-corrected chi connectivity index (χ0v) is 15.0. The first kappa shape index (κ1) is 19.8. The molecule has 0 aromatic rings. The van der Waals surface area contributed by atoms with Crippen LogP contribution < -0.4 is 5.32 Å². The largest absolute Gasteiger partial charge is 0.380 e. The molecule has 0 bridgehead atoms. The molecule has 0 atom stereocenters. The van der Waals surface area contributed by atoms with Crippen LogP contribution in [-0.4, -0.2) is 37.2 Å². The molecule has 0 spiro atoms. The van der Waals surface area contributed by atoms with Crippen LogP contribution in [0.5, 0.6) is 0 Å². The van der Waals surface area contributed by atoms with Gasteiger partial charge in [-0.2, -0.15) is 11.8 Å². The van der Waals surface area contributed by atoms with Crippen molar-refractivity contribution in [2.24, 2.45) is 10.8 Å². The molecule has 3 nitrogen and oxygen atoms in total. The summed E-state index contributed by atoms with van der Waals surface area (Å²) in [4.78, 5) is 11.6. The van der Waals surface area contributed by atoms with E-state index < -0.39 is 0 Å². The molecule has 1 N–H and O–H groups in total. The molecular weight excluding hydrogens is 270 g/mol. The van der Waals surface area contributed by atoms with E-state index in [4.69, 9.17) is 4.74 Å². The second-order valence-corrected chi connectivity index (χ2v) is 8.74. The highest BCUT2D eigenvalue weighted by Gasteiger charge is 2.11. The van der Waals surface area contributed by atoms with Crippen LogP contribution in [0.2, 0.25) is 0 Å². The third kappa shape index (κ3) is 15.8. The van der Waals surface area contributed by atoms with Crippen molar-refractivity contribution in [2.75, 3.05) is 31.3 Å². The monoisotopic (exact) mass is 303 g/mol. The first-order chi connectivity index (χ1) is 9.10. The van der Waals surface area contributed by atoms with Crippen molar-refractivity contribution >= 4 is 17.7 Å².